The average Bonchev–Trinajstić information content (AvgIpc) is 2.23. The van der Waals surface area contributed by atoms with Crippen molar-refractivity contribution in [3.8, 4) is 0 Å². The van der Waals surface area contributed by atoms with Crippen LogP contribution in [0.3, 0.4) is 0 Å². The first-order valence-electron chi connectivity index (χ1n) is 6.44. The molecule has 0 unspecified atom stereocenters. The molecular weight excluding hydrogens is 250 g/mol. The molecule has 1 saturated heterocycles. The second kappa shape index (κ2) is 6.75. The van der Waals surface area contributed by atoms with E-state index in [1.165, 1.54) is 7.11 Å². The number of nitrogens with zero attached hydrogens (tertiary/aromatic N) is 1. The molecule has 6 nitrogen and oxygen atoms in total. The van der Waals surface area contributed by atoms with E-state index in [4.69, 9.17) is 9.47 Å². The van der Waals surface area contributed by atoms with Gasteiger partial charge >= 0.3 is 12.1 Å². The van der Waals surface area contributed by atoms with E-state index < -0.39 is 5.60 Å². The Balaban J connectivity index is 2.07. The van der Waals surface area contributed by atoms with Gasteiger partial charge < -0.3 is 19.1 Å². The van der Waals surface area contributed by atoms with Gasteiger partial charge in [-0.25, -0.2) is 4.79 Å². The molecule has 0 radical (unpaired) electrons. The summed E-state index contributed by atoms with van der Waals surface area (Å²) in [5.74, 6) is 0.0501. The summed E-state index contributed by atoms with van der Waals surface area (Å²) in [4.78, 5) is 24.1. The van der Waals surface area contributed by atoms with Crippen LogP contribution in [0.5, 0.6) is 0 Å². The van der Waals surface area contributed by atoms with Crippen LogP contribution in [0.1, 0.15) is 27.2 Å². The molecule has 19 heavy (non-hydrogen) atoms. The lowest BCUT2D eigenvalue weighted by Crippen LogP contribution is -2.53. The van der Waals surface area contributed by atoms with Crippen molar-refractivity contribution in [2.24, 2.45) is 5.92 Å². The largest absolute Gasteiger partial charge is 0.469 e. The fourth-order valence-corrected chi connectivity index (χ4v) is 1.66. The van der Waals surface area contributed by atoms with E-state index in [9.17, 15) is 9.59 Å². The number of methoxy groups -OCH3 is 1. The van der Waals surface area contributed by atoms with E-state index in [1.54, 1.807) is 4.90 Å². The van der Waals surface area contributed by atoms with E-state index in [0.717, 1.165) is 0 Å². The van der Waals surface area contributed by atoms with Crippen molar-refractivity contribution in [1.82, 2.24) is 4.90 Å². The zero-order valence-electron chi connectivity index (χ0n) is 12.1. The molecule has 0 aliphatic carbocycles. The summed E-state index contributed by atoms with van der Waals surface area (Å²) in [7, 11) is 1.35. The smallest absolute Gasteiger partial charge is 0.410 e. The lowest BCUT2D eigenvalue weighted by molar-refractivity contribution is -0.142. The topological polar surface area (TPSA) is 65.1 Å². The molecule has 1 heterocycles. The highest BCUT2D eigenvalue weighted by atomic mass is 16.6. The number of carbonyl (C=O) groups excluding carboxylic acids is 2. The average molecular weight is 273 g/mol. The molecule has 0 spiro atoms. The van der Waals surface area contributed by atoms with Crippen LogP contribution >= 0.6 is 0 Å². The Kier molecular flexibility index (Phi) is 5.60. The minimum Gasteiger partial charge on any atom is -0.469 e. The van der Waals surface area contributed by atoms with E-state index in [-0.39, 0.29) is 18.5 Å². The Labute approximate surface area is 114 Å². The lowest BCUT2D eigenvalue weighted by Gasteiger charge is -2.39. The highest BCUT2D eigenvalue weighted by molar-refractivity contribution is 5.69. The third-order valence-corrected chi connectivity index (χ3v) is 2.64. The monoisotopic (exact) mass is 273 g/mol. The summed E-state index contributed by atoms with van der Waals surface area (Å²) in [6.07, 6.45) is -0.0164. The minimum absolute atomic E-state index is 0.263. The highest BCUT2D eigenvalue weighted by Gasteiger charge is 2.33. The fraction of sp³-hybridized carbons (Fsp3) is 0.846. The van der Waals surface area contributed by atoms with E-state index >= 15 is 0 Å². The van der Waals surface area contributed by atoms with Crippen molar-refractivity contribution < 1.29 is 23.8 Å². The van der Waals surface area contributed by atoms with Gasteiger partial charge in [-0.05, 0) is 20.8 Å². The molecule has 0 saturated carbocycles. The molecule has 0 aromatic heterocycles. The number of amides is 1. The van der Waals surface area contributed by atoms with Gasteiger partial charge in [-0.2, -0.15) is 0 Å². The van der Waals surface area contributed by atoms with Crippen molar-refractivity contribution >= 4 is 12.1 Å². The molecule has 6 heteroatoms. The number of rotatable bonds is 5. The first-order chi connectivity index (χ1) is 8.81. The second-order valence-corrected chi connectivity index (χ2v) is 5.65. The Morgan fingerprint density at radius 2 is 1.89 bits per heavy atom. The molecular formula is C13H23NO5. The molecule has 0 aromatic rings. The van der Waals surface area contributed by atoms with Crippen LogP contribution in [-0.4, -0.2) is 56.0 Å². The van der Waals surface area contributed by atoms with Crippen molar-refractivity contribution in [3.05, 3.63) is 0 Å². The van der Waals surface area contributed by atoms with Crippen LogP contribution in [0.4, 0.5) is 4.79 Å². The molecule has 0 bridgehead atoms. The van der Waals surface area contributed by atoms with Gasteiger partial charge in [-0.15, -0.1) is 0 Å². The maximum atomic E-state index is 11.6. The third kappa shape index (κ3) is 5.92. The SMILES string of the molecule is COC(=O)CCOCC1CN(C(=O)OC(C)(C)C)C1. The van der Waals surface area contributed by atoms with Crippen molar-refractivity contribution in [2.75, 3.05) is 33.4 Å². The molecule has 1 aliphatic rings. The van der Waals surface area contributed by atoms with E-state index in [0.29, 0.717) is 32.2 Å². The number of likely N-dealkylation sites (tertiary alicyclic amines) is 1. The predicted octanol–water partition coefficient (Wildman–Crippen LogP) is 1.43. The number of hydrogen-bond donors (Lipinski definition) is 0. The Morgan fingerprint density at radius 1 is 1.26 bits per heavy atom. The van der Waals surface area contributed by atoms with E-state index in [2.05, 4.69) is 4.74 Å². The summed E-state index contributed by atoms with van der Waals surface area (Å²) in [6, 6.07) is 0. The van der Waals surface area contributed by atoms with Crippen LogP contribution < -0.4 is 0 Å². The van der Waals surface area contributed by atoms with Gasteiger partial charge in [0.1, 0.15) is 5.60 Å². The third-order valence-electron chi connectivity index (χ3n) is 2.64. The van der Waals surface area contributed by atoms with Crippen LogP contribution in [0, 0.1) is 5.92 Å². The molecule has 1 fully saturated rings. The zero-order valence-corrected chi connectivity index (χ0v) is 12.1. The molecule has 0 atom stereocenters. The van der Waals surface area contributed by atoms with Gasteiger partial charge in [-0.3, -0.25) is 4.79 Å². The normalized spacial score (nSPS) is 15.9. The van der Waals surface area contributed by atoms with Crippen molar-refractivity contribution in [1.29, 1.82) is 0 Å². The maximum absolute atomic E-state index is 11.6. The molecule has 110 valence electrons. The number of ether oxygens (including phenoxy) is 3. The zero-order chi connectivity index (χ0) is 14.5. The van der Waals surface area contributed by atoms with E-state index in [1.807, 2.05) is 20.8 Å². The van der Waals surface area contributed by atoms with Crippen molar-refractivity contribution in [3.63, 3.8) is 0 Å². The quantitative estimate of drug-likeness (QED) is 0.560. The molecule has 1 amide bonds. The summed E-state index contributed by atoms with van der Waals surface area (Å²) in [5, 5.41) is 0. The summed E-state index contributed by atoms with van der Waals surface area (Å²) in [6.45, 7) is 7.74. The minimum atomic E-state index is -0.459. The van der Waals surface area contributed by atoms with Crippen molar-refractivity contribution in [2.45, 2.75) is 32.8 Å². The van der Waals surface area contributed by atoms with Gasteiger partial charge in [-0.1, -0.05) is 0 Å². The highest BCUT2D eigenvalue weighted by Crippen LogP contribution is 2.19. The van der Waals surface area contributed by atoms with Crippen LogP contribution in [0.15, 0.2) is 0 Å². The van der Waals surface area contributed by atoms with Gasteiger partial charge in [0.15, 0.2) is 0 Å². The summed E-state index contributed by atoms with van der Waals surface area (Å²) < 4.78 is 15.1. The van der Waals surface area contributed by atoms with Gasteiger partial charge in [0, 0.05) is 19.0 Å². The molecule has 1 rings (SSSR count). The number of carbonyl (C=O) groups is 2. The summed E-state index contributed by atoms with van der Waals surface area (Å²) in [5.41, 5.74) is -0.459. The van der Waals surface area contributed by atoms with Gasteiger partial charge in [0.25, 0.3) is 0 Å². The van der Waals surface area contributed by atoms with Crippen LogP contribution in [0.25, 0.3) is 0 Å². The number of esters is 1. The first-order valence-corrected chi connectivity index (χ1v) is 6.44. The number of hydrogen-bond acceptors (Lipinski definition) is 5. The van der Waals surface area contributed by atoms with Gasteiger partial charge in [0.05, 0.1) is 26.7 Å². The Hall–Kier alpha value is -1.30. The van der Waals surface area contributed by atoms with Gasteiger partial charge in [0.2, 0.25) is 0 Å². The summed E-state index contributed by atoms with van der Waals surface area (Å²) >= 11 is 0. The second-order valence-electron chi connectivity index (χ2n) is 5.65. The predicted molar refractivity (Wildman–Crippen MR) is 68.7 cm³/mol. The maximum Gasteiger partial charge on any atom is 0.410 e. The Morgan fingerprint density at radius 3 is 2.42 bits per heavy atom. The first kappa shape index (κ1) is 15.8. The molecule has 1 aliphatic heterocycles. The standard InChI is InChI=1S/C13H23NO5/c1-13(2,3)19-12(16)14-7-10(8-14)9-18-6-5-11(15)17-4/h10H,5-9H2,1-4H3. The molecule has 0 N–H and O–H groups in total. The Bertz CT molecular complexity index is 317. The lowest BCUT2D eigenvalue weighted by atomic mass is 10.0. The van der Waals surface area contributed by atoms with Crippen LogP contribution in [0.2, 0.25) is 0 Å². The fourth-order valence-electron chi connectivity index (χ4n) is 1.66. The molecule has 0 aromatic carbocycles. The van der Waals surface area contributed by atoms with Crippen LogP contribution in [-0.2, 0) is 19.0 Å².